The second-order valence-corrected chi connectivity index (χ2v) is 9.85. The van der Waals surface area contributed by atoms with Gasteiger partial charge in [0.05, 0.1) is 17.5 Å². The van der Waals surface area contributed by atoms with E-state index < -0.39 is 35.0 Å². The van der Waals surface area contributed by atoms with Gasteiger partial charge < -0.3 is 19.7 Å². The van der Waals surface area contributed by atoms with E-state index in [1.54, 1.807) is 6.92 Å². The van der Waals surface area contributed by atoms with Gasteiger partial charge in [0.15, 0.2) is 5.78 Å². The molecule has 0 spiro atoms. The van der Waals surface area contributed by atoms with Gasteiger partial charge in [-0.2, -0.15) is 13.2 Å². The zero-order valence-electron chi connectivity index (χ0n) is 20.0. The quantitative estimate of drug-likeness (QED) is 0.629. The van der Waals surface area contributed by atoms with Crippen LogP contribution >= 0.6 is 0 Å². The Bertz CT molecular complexity index is 992. The van der Waals surface area contributed by atoms with Gasteiger partial charge in [0.2, 0.25) is 5.91 Å². The first-order valence-electron chi connectivity index (χ1n) is 12.0. The topological polar surface area (TPSA) is 84.9 Å². The van der Waals surface area contributed by atoms with Crippen molar-refractivity contribution in [2.75, 3.05) is 19.8 Å². The molecule has 1 aliphatic carbocycles. The number of nitrogens with zero attached hydrogens (tertiary/aromatic N) is 1. The van der Waals surface area contributed by atoms with Crippen molar-refractivity contribution in [3.05, 3.63) is 34.9 Å². The van der Waals surface area contributed by atoms with E-state index in [2.05, 4.69) is 5.32 Å². The molecule has 2 heterocycles. The molecule has 0 bridgehead atoms. The lowest BCUT2D eigenvalue weighted by Crippen LogP contribution is -2.52. The van der Waals surface area contributed by atoms with Gasteiger partial charge in [-0.1, -0.05) is 6.07 Å². The number of fused-ring (bicyclic) bond motifs is 1. The van der Waals surface area contributed by atoms with Crippen LogP contribution in [-0.4, -0.2) is 60.5 Å². The maximum Gasteiger partial charge on any atom is 0.416 e. The largest absolute Gasteiger partial charge is 0.462 e. The summed E-state index contributed by atoms with van der Waals surface area (Å²) in [4.78, 5) is 39.8. The van der Waals surface area contributed by atoms with E-state index in [1.165, 1.54) is 17.9 Å². The first-order chi connectivity index (χ1) is 16.5. The lowest BCUT2D eigenvalue weighted by molar-refractivity contribution is -0.162. The molecule has 0 radical (unpaired) electrons. The zero-order valence-corrected chi connectivity index (χ0v) is 20.0. The fourth-order valence-electron chi connectivity index (χ4n) is 5.67. The molecule has 3 atom stereocenters. The molecule has 10 heteroatoms. The van der Waals surface area contributed by atoms with Gasteiger partial charge in [-0.15, -0.1) is 0 Å². The van der Waals surface area contributed by atoms with Crippen LogP contribution in [0.1, 0.15) is 67.4 Å². The van der Waals surface area contributed by atoms with Crippen LogP contribution in [0.4, 0.5) is 13.2 Å². The van der Waals surface area contributed by atoms with Crippen molar-refractivity contribution in [1.29, 1.82) is 0 Å². The van der Waals surface area contributed by atoms with Crippen molar-refractivity contribution in [2.45, 2.75) is 76.9 Å². The molecule has 1 aromatic carbocycles. The average molecular weight is 497 g/mol. The lowest BCUT2D eigenvalue weighted by atomic mass is 9.78. The number of Topliss-reactive ketones (excluding diaryl/α,β-unsaturated/α-hetero) is 1. The normalized spacial score (nSPS) is 26.4. The summed E-state index contributed by atoms with van der Waals surface area (Å²) < 4.78 is 50.6. The molecule has 35 heavy (non-hydrogen) atoms. The second kappa shape index (κ2) is 9.89. The Hall–Kier alpha value is -2.46. The molecular formula is C25H31F3N2O5. The van der Waals surface area contributed by atoms with Crippen LogP contribution in [-0.2, 0) is 31.8 Å². The second-order valence-electron chi connectivity index (χ2n) is 9.85. The van der Waals surface area contributed by atoms with Crippen LogP contribution in [0.5, 0.6) is 0 Å². The third kappa shape index (κ3) is 5.38. The van der Waals surface area contributed by atoms with Crippen LogP contribution in [0.25, 0.3) is 0 Å². The molecule has 4 rings (SSSR count). The Balaban J connectivity index is 1.58. The predicted octanol–water partition coefficient (Wildman–Crippen LogP) is 3.49. The number of carbonyl (C=O) groups excluding carboxylic acids is 3. The SMILES string of the molecule is CC(=O)O[C@H](C)[C@]1(C(=O)N2CC(=O)c3ccc(C(F)(F)F)cc3C2)CC[C@@H](NC2CCOCC2)C1. The molecule has 1 amide bonds. The van der Waals surface area contributed by atoms with Crippen molar-refractivity contribution in [3.8, 4) is 0 Å². The number of alkyl halides is 3. The van der Waals surface area contributed by atoms with Gasteiger partial charge in [-0.3, -0.25) is 14.4 Å². The Morgan fingerprint density at radius 1 is 1.17 bits per heavy atom. The van der Waals surface area contributed by atoms with E-state index in [9.17, 15) is 27.6 Å². The van der Waals surface area contributed by atoms with Crippen molar-refractivity contribution in [3.63, 3.8) is 0 Å². The monoisotopic (exact) mass is 496 g/mol. The van der Waals surface area contributed by atoms with E-state index >= 15 is 0 Å². The van der Waals surface area contributed by atoms with Crippen molar-refractivity contribution in [2.24, 2.45) is 5.41 Å². The van der Waals surface area contributed by atoms with Gasteiger partial charge in [0, 0.05) is 44.3 Å². The number of benzene rings is 1. The van der Waals surface area contributed by atoms with Crippen LogP contribution in [0, 0.1) is 5.41 Å². The molecule has 1 aromatic rings. The number of amides is 1. The number of rotatable bonds is 5. The molecule has 0 unspecified atom stereocenters. The molecule has 2 fully saturated rings. The summed E-state index contributed by atoms with van der Waals surface area (Å²) in [6.45, 7) is 3.99. The third-order valence-electron chi connectivity index (χ3n) is 7.50. The number of carbonyl (C=O) groups is 3. The molecule has 1 saturated carbocycles. The molecule has 3 aliphatic rings. The van der Waals surface area contributed by atoms with E-state index in [0.717, 1.165) is 25.0 Å². The molecule has 1 N–H and O–H groups in total. The number of halogens is 3. The van der Waals surface area contributed by atoms with E-state index in [4.69, 9.17) is 9.47 Å². The van der Waals surface area contributed by atoms with Gasteiger partial charge >= 0.3 is 12.1 Å². The Labute approximate surface area is 202 Å². The van der Waals surface area contributed by atoms with Gasteiger partial charge in [-0.25, -0.2) is 0 Å². The van der Waals surface area contributed by atoms with E-state index in [-0.39, 0.29) is 42.2 Å². The summed E-state index contributed by atoms with van der Waals surface area (Å²) in [5, 5.41) is 3.60. The maximum absolute atomic E-state index is 13.9. The molecule has 0 aromatic heterocycles. The van der Waals surface area contributed by atoms with Crippen LogP contribution in [0.15, 0.2) is 18.2 Å². The van der Waals surface area contributed by atoms with Gasteiger partial charge in [-0.05, 0) is 56.7 Å². The molecule has 192 valence electrons. The predicted molar refractivity (Wildman–Crippen MR) is 119 cm³/mol. The highest BCUT2D eigenvalue weighted by Crippen LogP contribution is 2.45. The first kappa shape index (κ1) is 25.6. The van der Waals surface area contributed by atoms with Crippen molar-refractivity contribution in [1.82, 2.24) is 10.2 Å². The number of nitrogens with one attached hydrogen (secondary N) is 1. The fraction of sp³-hybridized carbons (Fsp3) is 0.640. The Kier molecular flexibility index (Phi) is 7.24. The Morgan fingerprint density at radius 2 is 1.89 bits per heavy atom. The summed E-state index contributed by atoms with van der Waals surface area (Å²) >= 11 is 0. The molecular weight excluding hydrogens is 465 g/mol. The number of ether oxygens (including phenoxy) is 2. The minimum absolute atomic E-state index is 0.0182. The number of ketones is 1. The van der Waals surface area contributed by atoms with Crippen molar-refractivity contribution >= 4 is 17.7 Å². The number of hydrogen-bond donors (Lipinski definition) is 1. The molecule has 1 saturated heterocycles. The minimum atomic E-state index is -4.55. The third-order valence-corrected chi connectivity index (χ3v) is 7.50. The highest BCUT2D eigenvalue weighted by molar-refractivity contribution is 6.02. The fourth-order valence-corrected chi connectivity index (χ4v) is 5.67. The van der Waals surface area contributed by atoms with Crippen LogP contribution < -0.4 is 5.32 Å². The minimum Gasteiger partial charge on any atom is -0.462 e. The van der Waals surface area contributed by atoms with E-state index in [1.807, 2.05) is 0 Å². The molecule has 2 aliphatic heterocycles. The highest BCUT2D eigenvalue weighted by atomic mass is 19.4. The highest BCUT2D eigenvalue weighted by Gasteiger charge is 2.53. The number of hydrogen-bond acceptors (Lipinski definition) is 6. The Morgan fingerprint density at radius 3 is 2.54 bits per heavy atom. The summed E-state index contributed by atoms with van der Waals surface area (Å²) in [7, 11) is 0. The van der Waals surface area contributed by atoms with Gasteiger partial charge in [0.25, 0.3) is 0 Å². The maximum atomic E-state index is 13.9. The summed E-state index contributed by atoms with van der Waals surface area (Å²) in [5.74, 6) is -1.28. The van der Waals surface area contributed by atoms with Gasteiger partial charge in [0.1, 0.15) is 6.10 Å². The van der Waals surface area contributed by atoms with E-state index in [0.29, 0.717) is 32.5 Å². The molecule has 7 nitrogen and oxygen atoms in total. The lowest BCUT2D eigenvalue weighted by Gasteiger charge is -2.40. The summed E-state index contributed by atoms with van der Waals surface area (Å²) in [6.07, 6.45) is -2.01. The van der Waals surface area contributed by atoms with Crippen molar-refractivity contribution < 1.29 is 37.0 Å². The summed E-state index contributed by atoms with van der Waals surface area (Å²) in [6, 6.07) is 3.31. The smallest absolute Gasteiger partial charge is 0.416 e. The van der Waals surface area contributed by atoms with Crippen LogP contribution in [0.3, 0.4) is 0 Å². The number of esters is 1. The zero-order chi connectivity index (χ0) is 25.4. The summed E-state index contributed by atoms with van der Waals surface area (Å²) in [5.41, 5.74) is -1.54. The van der Waals surface area contributed by atoms with Crippen LogP contribution in [0.2, 0.25) is 0 Å². The first-order valence-corrected chi connectivity index (χ1v) is 12.0. The average Bonchev–Trinajstić information content (AvgIpc) is 3.23. The standard InChI is InChI=1S/C25H31F3N2O5/c1-15(35-16(2)31)24(8-5-20(12-24)29-19-6-9-34-10-7-19)23(33)30-13-17-11-18(25(26,27)28)3-4-21(17)22(32)14-30/h3-4,11,15,19-20,29H,5-10,12-14H2,1-2H3/t15-,20-,24+/m1/s1.